The largest absolute Gasteiger partial charge is 0.455 e. The molecular formula is C49H32O. The van der Waals surface area contributed by atoms with Crippen molar-refractivity contribution in [3.63, 3.8) is 0 Å². The Morgan fingerprint density at radius 1 is 0.380 bits per heavy atom. The first-order valence-electron chi connectivity index (χ1n) is 17.5. The highest BCUT2D eigenvalue weighted by atomic mass is 16.3. The van der Waals surface area contributed by atoms with Crippen LogP contribution in [-0.4, -0.2) is 0 Å². The number of para-hydroxylation sites is 2. The van der Waals surface area contributed by atoms with Crippen LogP contribution < -0.4 is 0 Å². The minimum absolute atomic E-state index is 0.0624. The maximum Gasteiger partial charge on any atom is 0.143 e. The summed E-state index contributed by atoms with van der Waals surface area (Å²) in [5.74, 6) is 0. The summed E-state index contributed by atoms with van der Waals surface area (Å²) < 4.78 is 6.41. The summed E-state index contributed by atoms with van der Waals surface area (Å²) in [5, 5.41) is 10.1. The Bertz CT molecular complexity index is 2980. The van der Waals surface area contributed by atoms with Gasteiger partial charge in [0, 0.05) is 21.8 Å². The van der Waals surface area contributed by atoms with Gasteiger partial charge in [-0.15, -0.1) is 0 Å². The van der Waals surface area contributed by atoms with Crippen LogP contribution in [0.1, 0.15) is 25.0 Å². The lowest BCUT2D eigenvalue weighted by molar-refractivity contribution is 0.660. The highest BCUT2D eigenvalue weighted by Crippen LogP contribution is 2.51. The number of benzene rings is 9. The molecule has 1 heteroatoms. The third-order valence-electron chi connectivity index (χ3n) is 11.5. The third kappa shape index (κ3) is 3.72. The lowest BCUT2D eigenvalue weighted by atomic mass is 9.80. The fourth-order valence-corrected chi connectivity index (χ4v) is 8.98. The standard InChI is InChI=1S/C49H32O/c1-49(2)43-15-5-3-11-35(43)36-24-23-33(27-44(36)49)42-28-41(38-25-21-31-9-7-10-32-22-26-39(42)47(38)46(31)32)30-19-17-29(18-20-30)34-13-8-14-40-37-12-4-6-16-45(37)50-48(34)40/h3-28H,1-2H3. The van der Waals surface area contributed by atoms with Crippen molar-refractivity contribution in [2.24, 2.45) is 0 Å². The molecule has 11 rings (SSSR count). The Labute approximate surface area is 290 Å². The average Bonchev–Trinajstić information content (AvgIpc) is 3.66. The van der Waals surface area contributed by atoms with Crippen LogP contribution in [0.25, 0.3) is 98.8 Å². The van der Waals surface area contributed by atoms with Crippen LogP contribution in [0.5, 0.6) is 0 Å². The normalized spacial score (nSPS) is 13.6. The minimum atomic E-state index is -0.0624. The van der Waals surface area contributed by atoms with Gasteiger partial charge in [0.15, 0.2) is 0 Å². The number of hydrogen-bond acceptors (Lipinski definition) is 1. The van der Waals surface area contributed by atoms with E-state index in [-0.39, 0.29) is 5.41 Å². The summed E-state index contributed by atoms with van der Waals surface area (Å²) in [6.45, 7) is 4.73. The molecule has 1 aliphatic rings. The van der Waals surface area contributed by atoms with Gasteiger partial charge >= 0.3 is 0 Å². The Kier molecular flexibility index (Phi) is 5.51. The van der Waals surface area contributed by atoms with Crippen LogP contribution in [0.4, 0.5) is 0 Å². The summed E-state index contributed by atoms with van der Waals surface area (Å²) in [6, 6.07) is 58.2. The molecule has 0 bridgehead atoms. The lowest BCUT2D eigenvalue weighted by Gasteiger charge is -2.23. The van der Waals surface area contributed by atoms with Gasteiger partial charge in [0.25, 0.3) is 0 Å². The average molecular weight is 637 g/mol. The molecule has 0 spiro atoms. The molecule has 0 aliphatic heterocycles. The van der Waals surface area contributed by atoms with Gasteiger partial charge in [-0.2, -0.15) is 0 Å². The van der Waals surface area contributed by atoms with Crippen molar-refractivity contribution in [2.45, 2.75) is 19.3 Å². The minimum Gasteiger partial charge on any atom is -0.455 e. The molecule has 0 saturated heterocycles. The quantitative estimate of drug-likeness (QED) is 0.176. The summed E-state index contributed by atoms with van der Waals surface area (Å²) in [6.07, 6.45) is 0. The zero-order valence-electron chi connectivity index (χ0n) is 27.9. The molecule has 1 aromatic heterocycles. The fourth-order valence-electron chi connectivity index (χ4n) is 8.98. The monoisotopic (exact) mass is 636 g/mol. The fraction of sp³-hybridized carbons (Fsp3) is 0.0612. The van der Waals surface area contributed by atoms with E-state index in [0.717, 1.165) is 33.1 Å². The van der Waals surface area contributed by atoms with Crippen molar-refractivity contribution in [1.82, 2.24) is 0 Å². The highest BCUT2D eigenvalue weighted by molar-refractivity contribution is 6.28. The molecule has 9 aromatic carbocycles. The van der Waals surface area contributed by atoms with Gasteiger partial charge in [0.2, 0.25) is 0 Å². The first-order chi connectivity index (χ1) is 24.5. The SMILES string of the molecule is CC1(C)c2ccccc2-c2ccc(-c3cc(-c4ccc(-c5cccc6c5oc5ccccc56)cc4)c4ccc5cccc6ccc3c4c56)cc21. The molecule has 0 N–H and O–H groups in total. The van der Waals surface area contributed by atoms with Gasteiger partial charge in [-0.1, -0.05) is 153 Å². The first-order valence-corrected chi connectivity index (χ1v) is 17.5. The van der Waals surface area contributed by atoms with E-state index in [9.17, 15) is 0 Å². The van der Waals surface area contributed by atoms with Crippen LogP contribution in [-0.2, 0) is 5.41 Å². The molecule has 0 unspecified atom stereocenters. The van der Waals surface area contributed by atoms with Gasteiger partial charge in [-0.25, -0.2) is 0 Å². The molecule has 0 fully saturated rings. The van der Waals surface area contributed by atoms with Gasteiger partial charge < -0.3 is 4.42 Å². The Hall–Kier alpha value is -6.18. The van der Waals surface area contributed by atoms with E-state index in [2.05, 4.69) is 166 Å². The molecule has 0 saturated carbocycles. The van der Waals surface area contributed by atoms with Crippen LogP contribution in [0.15, 0.2) is 162 Å². The van der Waals surface area contributed by atoms with Gasteiger partial charge in [0.1, 0.15) is 11.2 Å². The molecule has 234 valence electrons. The third-order valence-corrected chi connectivity index (χ3v) is 11.5. The molecule has 50 heavy (non-hydrogen) atoms. The van der Waals surface area contributed by atoms with Gasteiger partial charge in [-0.05, 0) is 101 Å². The van der Waals surface area contributed by atoms with E-state index in [1.807, 2.05) is 6.07 Å². The summed E-state index contributed by atoms with van der Waals surface area (Å²) in [7, 11) is 0. The van der Waals surface area contributed by atoms with Crippen molar-refractivity contribution >= 4 is 54.3 Å². The number of fused-ring (bicyclic) bond motifs is 6. The lowest BCUT2D eigenvalue weighted by Crippen LogP contribution is -2.14. The van der Waals surface area contributed by atoms with E-state index in [0.29, 0.717) is 0 Å². The first kappa shape index (κ1) is 27.7. The van der Waals surface area contributed by atoms with Crippen molar-refractivity contribution in [3.8, 4) is 44.5 Å². The predicted molar refractivity (Wildman–Crippen MR) is 211 cm³/mol. The van der Waals surface area contributed by atoms with Crippen LogP contribution in [0, 0.1) is 0 Å². The molecule has 1 nitrogen and oxygen atoms in total. The van der Waals surface area contributed by atoms with Gasteiger partial charge in [0.05, 0.1) is 0 Å². The maximum absolute atomic E-state index is 6.41. The smallest absolute Gasteiger partial charge is 0.143 e. The van der Waals surface area contributed by atoms with Crippen LogP contribution >= 0.6 is 0 Å². The Morgan fingerprint density at radius 2 is 0.980 bits per heavy atom. The number of rotatable bonds is 3. The van der Waals surface area contributed by atoms with E-state index in [4.69, 9.17) is 4.42 Å². The van der Waals surface area contributed by atoms with Crippen molar-refractivity contribution in [3.05, 3.63) is 169 Å². The maximum atomic E-state index is 6.41. The van der Waals surface area contributed by atoms with Crippen LogP contribution in [0.3, 0.4) is 0 Å². The van der Waals surface area contributed by atoms with E-state index >= 15 is 0 Å². The Balaban J connectivity index is 1.13. The predicted octanol–water partition coefficient (Wildman–Crippen LogP) is 13.8. The van der Waals surface area contributed by atoms with Crippen LogP contribution in [0.2, 0.25) is 0 Å². The molecule has 0 radical (unpaired) electrons. The second-order valence-corrected chi connectivity index (χ2v) is 14.4. The summed E-state index contributed by atoms with van der Waals surface area (Å²) in [4.78, 5) is 0. The van der Waals surface area contributed by atoms with E-state index < -0.39 is 0 Å². The zero-order chi connectivity index (χ0) is 33.1. The summed E-state index contributed by atoms with van der Waals surface area (Å²) >= 11 is 0. The van der Waals surface area contributed by atoms with Crippen molar-refractivity contribution in [2.75, 3.05) is 0 Å². The van der Waals surface area contributed by atoms with Crippen molar-refractivity contribution in [1.29, 1.82) is 0 Å². The van der Waals surface area contributed by atoms with Gasteiger partial charge in [-0.3, -0.25) is 0 Å². The van der Waals surface area contributed by atoms with Crippen molar-refractivity contribution < 1.29 is 4.42 Å². The molecular weight excluding hydrogens is 605 g/mol. The molecule has 1 aliphatic carbocycles. The summed E-state index contributed by atoms with van der Waals surface area (Å²) in [5.41, 5.74) is 14.6. The van der Waals surface area contributed by atoms with E-state index in [1.165, 1.54) is 76.8 Å². The highest BCUT2D eigenvalue weighted by Gasteiger charge is 2.35. The topological polar surface area (TPSA) is 13.1 Å². The second kappa shape index (κ2) is 9.94. The molecule has 0 atom stereocenters. The molecule has 10 aromatic rings. The zero-order valence-corrected chi connectivity index (χ0v) is 27.9. The molecule has 0 amide bonds. The second-order valence-electron chi connectivity index (χ2n) is 14.4. The van der Waals surface area contributed by atoms with E-state index in [1.54, 1.807) is 0 Å². The Morgan fingerprint density at radius 3 is 1.78 bits per heavy atom. The number of hydrogen-bond donors (Lipinski definition) is 0. The molecule has 1 heterocycles. The number of furan rings is 1.